The van der Waals surface area contributed by atoms with Crippen LogP contribution in [0.4, 0.5) is 0 Å². The van der Waals surface area contributed by atoms with E-state index in [0.717, 1.165) is 10.8 Å². The molecular formula is C18H17O3S-. The molecule has 3 nitrogen and oxygen atoms in total. The van der Waals surface area contributed by atoms with E-state index in [1.54, 1.807) is 12.1 Å². The van der Waals surface area contributed by atoms with Gasteiger partial charge in [0.25, 0.3) is 0 Å². The maximum atomic E-state index is 10.4. The summed E-state index contributed by atoms with van der Waals surface area (Å²) in [5.41, 5.74) is 2.66. The van der Waals surface area contributed by atoms with Gasteiger partial charge in [0.2, 0.25) is 0 Å². The number of hydrogen-bond donors (Lipinski definition) is 0. The molecule has 0 saturated carbocycles. The van der Waals surface area contributed by atoms with Gasteiger partial charge in [-0.25, -0.2) is 4.21 Å². The van der Waals surface area contributed by atoms with E-state index < -0.39 is 11.4 Å². The molecule has 3 rings (SSSR count). The summed E-state index contributed by atoms with van der Waals surface area (Å²) in [6.07, 6.45) is 0. The van der Waals surface area contributed by atoms with Crippen LogP contribution in [0.25, 0.3) is 10.8 Å². The predicted octanol–water partition coefficient (Wildman–Crippen LogP) is 4.32. The average Bonchev–Trinajstić information content (AvgIpc) is 2.51. The van der Waals surface area contributed by atoms with Crippen LogP contribution in [-0.4, -0.2) is 8.76 Å². The van der Waals surface area contributed by atoms with Crippen LogP contribution in [0.3, 0.4) is 0 Å². The molecule has 4 heteroatoms. The fraction of sp³-hybridized carbons (Fsp3) is 0.111. The summed E-state index contributed by atoms with van der Waals surface area (Å²) < 4.78 is 25.4. The van der Waals surface area contributed by atoms with Crippen LogP contribution in [0.1, 0.15) is 11.1 Å². The van der Waals surface area contributed by atoms with Gasteiger partial charge < -0.3 is 8.74 Å². The molecule has 0 bridgehead atoms. The van der Waals surface area contributed by atoms with Crippen molar-refractivity contribution in [2.75, 3.05) is 0 Å². The Hall–Kier alpha value is -2.17. The standard InChI is InChI=1S/C10H8O3S.C8H10/c11-14(12)13-10-7-3-5-8-4-1-2-6-9(8)10;1-7-3-5-8(2)6-4-7/h1-7H,(H,11,12);3-6H,1-2H3/p-1. The SMILES string of the molecule is Cc1ccc(C)cc1.O=S([O-])Oc1cccc2ccccc12. The molecule has 22 heavy (non-hydrogen) atoms. The number of benzene rings is 3. The summed E-state index contributed by atoms with van der Waals surface area (Å²) in [4.78, 5) is 0. The fourth-order valence-electron chi connectivity index (χ4n) is 1.98. The van der Waals surface area contributed by atoms with Crippen molar-refractivity contribution in [1.29, 1.82) is 0 Å². The predicted molar refractivity (Wildman–Crippen MR) is 89.4 cm³/mol. The van der Waals surface area contributed by atoms with Crippen molar-refractivity contribution >= 4 is 22.1 Å². The van der Waals surface area contributed by atoms with Gasteiger partial charge in [0, 0.05) is 5.39 Å². The van der Waals surface area contributed by atoms with Gasteiger partial charge in [-0.3, -0.25) is 0 Å². The van der Waals surface area contributed by atoms with Crippen LogP contribution in [0.15, 0.2) is 66.7 Å². The molecule has 0 aliphatic heterocycles. The zero-order valence-electron chi connectivity index (χ0n) is 12.5. The lowest BCUT2D eigenvalue weighted by Crippen LogP contribution is -1.98. The number of hydrogen-bond acceptors (Lipinski definition) is 3. The van der Waals surface area contributed by atoms with Crippen molar-refractivity contribution in [2.45, 2.75) is 13.8 Å². The van der Waals surface area contributed by atoms with E-state index in [4.69, 9.17) is 0 Å². The summed E-state index contributed by atoms with van der Waals surface area (Å²) in [5.74, 6) is 0.358. The lowest BCUT2D eigenvalue weighted by molar-refractivity contribution is 0.442. The molecule has 0 saturated heterocycles. The maximum absolute atomic E-state index is 10.4. The van der Waals surface area contributed by atoms with E-state index in [2.05, 4.69) is 42.3 Å². The van der Waals surface area contributed by atoms with Gasteiger partial charge in [-0.15, -0.1) is 0 Å². The van der Waals surface area contributed by atoms with Crippen molar-refractivity contribution in [3.63, 3.8) is 0 Å². The Morgan fingerprint density at radius 3 is 1.95 bits per heavy atom. The smallest absolute Gasteiger partial charge is 0.147 e. The maximum Gasteiger partial charge on any atom is 0.147 e. The van der Waals surface area contributed by atoms with Crippen molar-refractivity contribution in [3.8, 4) is 5.75 Å². The topological polar surface area (TPSA) is 49.4 Å². The minimum atomic E-state index is -2.52. The molecule has 0 aliphatic rings. The lowest BCUT2D eigenvalue weighted by Gasteiger charge is -2.09. The fourth-order valence-corrected chi connectivity index (χ4v) is 2.27. The second-order valence-corrected chi connectivity index (χ2v) is 5.49. The molecule has 1 unspecified atom stereocenters. The molecular weight excluding hydrogens is 296 g/mol. The van der Waals surface area contributed by atoms with Gasteiger partial charge in [-0.2, -0.15) is 0 Å². The highest BCUT2D eigenvalue weighted by atomic mass is 32.2. The first kappa shape index (κ1) is 16.2. The van der Waals surface area contributed by atoms with Gasteiger partial charge in [-0.1, -0.05) is 71.8 Å². The third kappa shape index (κ3) is 4.69. The van der Waals surface area contributed by atoms with Crippen molar-refractivity contribution in [1.82, 2.24) is 0 Å². The van der Waals surface area contributed by atoms with E-state index in [-0.39, 0.29) is 0 Å². The van der Waals surface area contributed by atoms with E-state index >= 15 is 0 Å². The molecule has 114 valence electrons. The van der Waals surface area contributed by atoms with Crippen LogP contribution in [0.5, 0.6) is 5.75 Å². The summed E-state index contributed by atoms with van der Waals surface area (Å²) in [6, 6.07) is 21.2. The molecule has 0 fully saturated rings. The van der Waals surface area contributed by atoms with Gasteiger partial charge in [0.15, 0.2) is 0 Å². The second-order valence-electron chi connectivity index (χ2n) is 4.92. The van der Waals surface area contributed by atoms with E-state index in [0.29, 0.717) is 5.75 Å². The molecule has 0 amide bonds. The van der Waals surface area contributed by atoms with Crippen molar-refractivity contribution in [2.24, 2.45) is 0 Å². The second kappa shape index (κ2) is 7.73. The average molecular weight is 313 g/mol. The largest absolute Gasteiger partial charge is 0.740 e. The Bertz CT molecular complexity index is 740. The third-order valence-electron chi connectivity index (χ3n) is 3.13. The van der Waals surface area contributed by atoms with Gasteiger partial charge in [-0.05, 0) is 25.3 Å². The van der Waals surface area contributed by atoms with Gasteiger partial charge in [0.05, 0.1) is 0 Å². The molecule has 0 aromatic heterocycles. The van der Waals surface area contributed by atoms with Crippen LogP contribution >= 0.6 is 0 Å². The number of aryl methyl sites for hydroxylation is 2. The molecule has 0 N–H and O–H groups in total. The Morgan fingerprint density at radius 1 is 0.818 bits per heavy atom. The normalized spacial score (nSPS) is 11.4. The Kier molecular flexibility index (Phi) is 5.69. The molecule has 0 aliphatic carbocycles. The van der Waals surface area contributed by atoms with Crippen LogP contribution < -0.4 is 4.18 Å². The highest BCUT2D eigenvalue weighted by Crippen LogP contribution is 2.25. The minimum absolute atomic E-state index is 0.358. The van der Waals surface area contributed by atoms with Crippen LogP contribution in [-0.2, 0) is 11.4 Å². The van der Waals surface area contributed by atoms with Crippen LogP contribution in [0, 0.1) is 13.8 Å². The van der Waals surface area contributed by atoms with E-state index in [9.17, 15) is 8.76 Å². The Morgan fingerprint density at radius 2 is 1.36 bits per heavy atom. The molecule has 1 atom stereocenters. The quantitative estimate of drug-likeness (QED) is 0.662. The van der Waals surface area contributed by atoms with Gasteiger partial charge >= 0.3 is 0 Å². The summed E-state index contributed by atoms with van der Waals surface area (Å²) in [6.45, 7) is 4.19. The zero-order chi connectivity index (χ0) is 15.9. The van der Waals surface area contributed by atoms with Gasteiger partial charge in [0.1, 0.15) is 17.1 Å². The summed E-state index contributed by atoms with van der Waals surface area (Å²) in [5, 5.41) is 1.75. The third-order valence-corrected chi connectivity index (χ3v) is 3.44. The molecule has 0 radical (unpaired) electrons. The first-order valence-electron chi connectivity index (χ1n) is 6.85. The van der Waals surface area contributed by atoms with Crippen molar-refractivity contribution < 1.29 is 12.9 Å². The number of fused-ring (bicyclic) bond motifs is 1. The van der Waals surface area contributed by atoms with Crippen LogP contribution in [0.2, 0.25) is 0 Å². The van der Waals surface area contributed by atoms with Crippen molar-refractivity contribution in [3.05, 3.63) is 77.9 Å². The summed E-state index contributed by atoms with van der Waals surface area (Å²) in [7, 11) is 0. The number of rotatable bonds is 2. The Labute approximate surface area is 133 Å². The van der Waals surface area contributed by atoms with E-state index in [1.165, 1.54) is 11.1 Å². The first-order valence-corrected chi connectivity index (χ1v) is 7.85. The first-order chi connectivity index (χ1) is 10.6. The van der Waals surface area contributed by atoms with E-state index in [1.807, 2.05) is 30.3 Å². The minimum Gasteiger partial charge on any atom is -0.740 e. The monoisotopic (exact) mass is 313 g/mol. The molecule has 0 spiro atoms. The Balaban J connectivity index is 0.000000188. The molecule has 3 aromatic rings. The lowest BCUT2D eigenvalue weighted by atomic mass is 10.1. The summed E-state index contributed by atoms with van der Waals surface area (Å²) >= 11 is -2.52. The molecule has 0 heterocycles. The highest BCUT2D eigenvalue weighted by molar-refractivity contribution is 7.74. The molecule has 3 aromatic carbocycles. The highest BCUT2D eigenvalue weighted by Gasteiger charge is 2.00. The zero-order valence-corrected chi connectivity index (χ0v) is 13.3.